The number of hydrogen-bond donors (Lipinski definition) is 8. The van der Waals surface area contributed by atoms with Crippen LogP contribution in [0.2, 0.25) is 0 Å². The molecule has 2 aromatic heterocycles. The van der Waals surface area contributed by atoms with Crippen molar-refractivity contribution in [1.29, 1.82) is 0 Å². The van der Waals surface area contributed by atoms with Crippen LogP contribution in [0.5, 0.6) is 0 Å². The summed E-state index contributed by atoms with van der Waals surface area (Å²) >= 11 is 3.35. The van der Waals surface area contributed by atoms with Crippen molar-refractivity contribution in [1.82, 2.24) is 19.4 Å². The number of aliphatic hydroxyl groups excluding tert-OH is 1. The second kappa shape index (κ2) is 19.6. The van der Waals surface area contributed by atoms with Gasteiger partial charge in [-0.05, 0) is 124 Å². The number of halogens is 1. The average Bonchev–Trinajstić information content (AvgIpc) is 2.84. The molecule has 17 atom stereocenters. The lowest BCUT2D eigenvalue weighted by Gasteiger charge is -2.68. The van der Waals surface area contributed by atoms with Gasteiger partial charge in [-0.15, -0.1) is 0 Å². The van der Waals surface area contributed by atoms with Crippen LogP contribution in [0.4, 0.5) is 0 Å². The highest BCUT2D eigenvalue weighted by atomic mass is 79.9. The number of pyridine rings is 1. The number of likely N-dealkylation sites (tertiary alicyclic amines) is 1. The largest absolute Gasteiger partial charge is 0.462 e. The zero-order valence-electron chi connectivity index (χ0n) is 45.6. The molecule has 0 radical (unpaired) electrons. The van der Waals surface area contributed by atoms with Crippen molar-refractivity contribution in [2.24, 2.45) is 42.1 Å². The van der Waals surface area contributed by atoms with E-state index in [0.29, 0.717) is 62.3 Å². The summed E-state index contributed by atoms with van der Waals surface area (Å²) in [6.45, 7) is 11.3. The summed E-state index contributed by atoms with van der Waals surface area (Å²) in [7, 11) is 1.40. The highest BCUT2D eigenvalue weighted by molar-refractivity contribution is 9.10. The molecule has 12 rings (SSSR count). The molecule has 8 N–H and O–H groups in total. The van der Waals surface area contributed by atoms with E-state index >= 15 is 0 Å². The van der Waals surface area contributed by atoms with E-state index < -0.39 is 91.1 Å². The van der Waals surface area contributed by atoms with Gasteiger partial charge in [0.25, 0.3) is 0 Å². The van der Waals surface area contributed by atoms with Gasteiger partial charge in [0, 0.05) is 127 Å². The quantitative estimate of drug-likeness (QED) is 0.0972. The number of aromatic nitrogens is 2. The average molecular weight is 1170 g/mol. The molecule has 20 nitrogen and oxygen atoms in total. The zero-order valence-corrected chi connectivity index (χ0v) is 48.0. The summed E-state index contributed by atoms with van der Waals surface area (Å²) in [5, 5.41) is 75.3. The first kappa shape index (κ1) is 57.8. The van der Waals surface area contributed by atoms with E-state index in [1.807, 2.05) is 14.0 Å². The van der Waals surface area contributed by atoms with E-state index in [1.165, 1.54) is 28.2 Å². The van der Waals surface area contributed by atoms with Crippen molar-refractivity contribution in [2.45, 2.75) is 163 Å². The Morgan fingerprint density at radius 3 is 2.32 bits per heavy atom. The molecule has 1 spiro atoms. The summed E-state index contributed by atoms with van der Waals surface area (Å²) in [5.74, 6) is -4.22. The number of aliphatic hydroxyl groups is 6. The molecule has 1 aromatic carbocycles. The maximum absolute atomic E-state index is 12.9. The minimum Gasteiger partial charge on any atom is -0.462 e. The van der Waals surface area contributed by atoms with Crippen molar-refractivity contribution in [3.05, 3.63) is 75.7 Å². The van der Waals surface area contributed by atoms with Gasteiger partial charge in [0.2, 0.25) is 5.79 Å². The monoisotopic (exact) mass is 1170 g/mol. The Balaban J connectivity index is 0.000000169. The first-order valence-corrected chi connectivity index (χ1v) is 29.5. The topological polar surface area (TPSA) is 291 Å². The number of nitrogens with zero attached hydrogens (tertiary/aromatic N) is 4. The predicted octanol–water partition coefficient (Wildman–Crippen LogP) is 4.25. The van der Waals surface area contributed by atoms with Gasteiger partial charge in [-0.25, -0.2) is 9.59 Å². The van der Waals surface area contributed by atoms with Gasteiger partial charge in [-0.3, -0.25) is 23.9 Å². The fourth-order valence-electron chi connectivity index (χ4n) is 17.4. The molecule has 9 aliphatic rings. The van der Waals surface area contributed by atoms with Gasteiger partial charge in [0.1, 0.15) is 28.0 Å². The van der Waals surface area contributed by atoms with Crippen LogP contribution in [-0.4, -0.2) is 178 Å². The number of allylic oxidation sites excluding steroid dienone is 1. The van der Waals surface area contributed by atoms with Crippen LogP contribution < -0.4 is 0 Å². The van der Waals surface area contributed by atoms with E-state index in [1.54, 1.807) is 39.1 Å². The second-order valence-corrected chi connectivity index (χ2v) is 26.7. The maximum atomic E-state index is 12.9. The highest BCUT2D eigenvalue weighted by Crippen LogP contribution is 2.78. The van der Waals surface area contributed by atoms with Crippen molar-refractivity contribution in [3.63, 3.8) is 0 Å². The molecular weight excluding hydrogens is 1100 g/mol. The number of aryl methyl sites for hydroxylation is 1. The Kier molecular flexibility index (Phi) is 14.5. The molecule has 78 heavy (non-hydrogen) atoms. The van der Waals surface area contributed by atoms with Gasteiger partial charge >= 0.3 is 22.3 Å². The Labute approximate surface area is 463 Å². The third-order valence-corrected chi connectivity index (χ3v) is 21.4. The van der Waals surface area contributed by atoms with Gasteiger partial charge in [0.15, 0.2) is 6.10 Å². The van der Waals surface area contributed by atoms with E-state index in [0.717, 1.165) is 30.3 Å². The molecular formula is C56H77BrN4O16S. The van der Waals surface area contributed by atoms with Gasteiger partial charge in [-0.1, -0.05) is 32.1 Å². The van der Waals surface area contributed by atoms with E-state index in [9.17, 15) is 40.2 Å². The third kappa shape index (κ3) is 8.46. The number of fused-ring (bicyclic) bond motifs is 7. The van der Waals surface area contributed by atoms with E-state index in [-0.39, 0.29) is 43.4 Å². The molecule has 5 aliphatic carbocycles. The van der Waals surface area contributed by atoms with Crippen LogP contribution in [0.3, 0.4) is 0 Å². The van der Waals surface area contributed by atoms with Crippen LogP contribution in [-0.2, 0) is 53.2 Å². The first-order valence-electron chi connectivity index (χ1n) is 27.3. The highest BCUT2D eigenvalue weighted by Gasteiger charge is 2.89. The summed E-state index contributed by atoms with van der Waals surface area (Å²) < 4.78 is 59.2. The van der Waals surface area contributed by atoms with Crippen LogP contribution in [0.25, 0.3) is 10.9 Å². The summed E-state index contributed by atoms with van der Waals surface area (Å²) in [6, 6.07) is 8.09. The molecule has 6 heterocycles. The summed E-state index contributed by atoms with van der Waals surface area (Å²) in [5.41, 5.74) is -5.06. The van der Waals surface area contributed by atoms with Gasteiger partial charge in [0.05, 0.1) is 23.9 Å². The number of carbonyl (C=O) groups is 2. The smallest absolute Gasteiger partial charge is 0.394 e. The molecule has 4 bridgehead atoms. The number of ether oxygens (including phenoxy) is 4. The Bertz CT molecular complexity index is 3010. The summed E-state index contributed by atoms with van der Waals surface area (Å²) in [6.07, 6.45) is 9.50. The van der Waals surface area contributed by atoms with Crippen LogP contribution in [0, 0.1) is 35.0 Å². The van der Waals surface area contributed by atoms with Crippen molar-refractivity contribution in [3.8, 4) is 0 Å². The number of esters is 2. The third-order valence-electron chi connectivity index (χ3n) is 21.0. The minimum absolute atomic E-state index is 0.0606. The molecule has 8 fully saturated rings. The minimum atomic E-state index is -4.67. The Morgan fingerprint density at radius 1 is 0.936 bits per heavy atom. The number of rotatable bonds is 6. The van der Waals surface area contributed by atoms with Crippen molar-refractivity contribution < 1.29 is 76.7 Å². The van der Waals surface area contributed by atoms with Gasteiger partial charge < -0.3 is 54.2 Å². The summed E-state index contributed by atoms with van der Waals surface area (Å²) in [4.78, 5) is 33.9. The molecule has 4 saturated heterocycles. The lowest BCUT2D eigenvalue weighted by Crippen LogP contribution is -2.85. The molecule has 430 valence electrons. The fraction of sp³-hybridized carbons (Fsp3) is 0.696. The maximum Gasteiger partial charge on any atom is 0.394 e. The molecule has 0 amide bonds. The lowest BCUT2D eigenvalue weighted by molar-refractivity contribution is -0.354. The standard InChI is InChI=1S/C32H49NO9.C24H26BrN3O3.H2O4S/c1-6-18(3)25(35)41-24-11-12-26(4)19-8-9-20-28(37)13-23(34)31(39)21(29(28,38)16-30(20,26)42-32(19,24)40)15-33-14-17(2)7-10-22(33)27(31,5)36;1-27-13-17-8-21-24(30-3,19-5-4-6-20(27)22(17)19)9-15(12-28(21)2)14-31-23(29)16-7-18(25)11-26-10-16;1-5(2,3)4/h6,17,19-24,34,36-40H,7-16H2,1-5H3;4-7,10-11,13,15,21H,8-9,12,14H2,1-3H3;(H2,1,2,3,4). The molecule has 3 aromatic rings. The Hall–Kier alpha value is -3.46. The normalized spacial score (nSPS) is 43.3. The SMILES string of the molecule is CC=C(C)C(=O)OC1CCC2(C)C3CCC4C5(O)CC(O)C6(O)C(CN7CC(C)CCC7C6(C)O)C5(O)CC42OC13O.COC12CC(COC(=O)c3cncc(Br)c3)CN(C)C1Cc1cn(C)c3cccc2c13.O=S(=O)(O)O. The Morgan fingerprint density at radius 2 is 1.64 bits per heavy atom. The molecule has 22 heteroatoms. The number of methoxy groups -OCH3 is 1. The van der Waals surface area contributed by atoms with E-state index in [2.05, 4.69) is 80.7 Å². The fourth-order valence-corrected chi connectivity index (χ4v) is 17.8. The zero-order chi connectivity index (χ0) is 56.7. The lowest BCUT2D eigenvalue weighted by atomic mass is 9.49. The van der Waals surface area contributed by atoms with Gasteiger partial charge in [-0.2, -0.15) is 8.42 Å². The predicted molar refractivity (Wildman–Crippen MR) is 286 cm³/mol. The van der Waals surface area contributed by atoms with Crippen molar-refractivity contribution in [2.75, 3.05) is 40.4 Å². The first-order chi connectivity index (χ1) is 36.4. The number of piperidine rings is 3. The molecule has 4 saturated carbocycles. The number of benzene rings is 1. The number of hydrogen-bond acceptors (Lipinski definition) is 17. The van der Waals surface area contributed by atoms with Crippen LogP contribution in [0.1, 0.15) is 114 Å². The van der Waals surface area contributed by atoms with Crippen LogP contribution in [0.15, 0.2) is 59.0 Å². The number of carbonyl (C=O) groups excluding carboxylic acids is 2. The molecule has 17 unspecified atom stereocenters. The van der Waals surface area contributed by atoms with E-state index in [4.69, 9.17) is 36.5 Å². The number of likely N-dealkylation sites (N-methyl/N-ethyl adjacent to an activating group) is 1. The molecule has 4 aliphatic heterocycles. The second-order valence-electron chi connectivity index (χ2n) is 24.9. The van der Waals surface area contributed by atoms with Crippen LogP contribution >= 0.6 is 15.9 Å². The van der Waals surface area contributed by atoms with Crippen molar-refractivity contribution >= 4 is 49.2 Å².